The Balaban J connectivity index is 1.45. The van der Waals surface area contributed by atoms with Crippen LogP contribution in [-0.2, 0) is 16.6 Å². The Kier molecular flexibility index (Phi) is 5.38. The molecule has 3 heterocycles. The zero-order valence-corrected chi connectivity index (χ0v) is 17.7. The summed E-state index contributed by atoms with van der Waals surface area (Å²) in [7, 11) is -3.92. The lowest BCUT2D eigenvalue weighted by atomic mass is 10.3. The van der Waals surface area contributed by atoms with E-state index < -0.39 is 20.6 Å². The number of rotatable bonds is 5. The summed E-state index contributed by atoms with van der Waals surface area (Å²) in [4.78, 5) is 17.0. The average Bonchev–Trinajstić information content (AvgIpc) is 3.09. The highest BCUT2D eigenvalue weighted by Crippen LogP contribution is 2.27. The van der Waals surface area contributed by atoms with Crippen molar-refractivity contribution in [2.45, 2.75) is 11.4 Å². The minimum absolute atomic E-state index is 0.260. The van der Waals surface area contributed by atoms with E-state index in [4.69, 9.17) is 0 Å². The summed E-state index contributed by atoms with van der Waals surface area (Å²) in [6.07, 6.45) is 3.89. The van der Waals surface area contributed by atoms with Crippen molar-refractivity contribution in [2.24, 2.45) is 0 Å². The maximum Gasteiger partial charge on any atom is 0.289 e. The third-order valence-corrected chi connectivity index (χ3v) is 7.28. The topological polar surface area (TPSA) is 101 Å². The van der Waals surface area contributed by atoms with Gasteiger partial charge in [0.2, 0.25) is 10.0 Å². The molecule has 29 heavy (non-hydrogen) atoms. The molecule has 2 aromatic heterocycles. The molecule has 0 amide bonds. The maximum atomic E-state index is 12.9. The van der Waals surface area contributed by atoms with E-state index in [2.05, 4.69) is 25.8 Å². The van der Waals surface area contributed by atoms with Crippen LogP contribution in [0.3, 0.4) is 0 Å². The highest BCUT2D eigenvalue weighted by Gasteiger charge is 2.33. The summed E-state index contributed by atoms with van der Waals surface area (Å²) >= 11 is 3.43. The van der Waals surface area contributed by atoms with Gasteiger partial charge in [0, 0.05) is 55.7 Å². The number of hydrogen-bond acceptors (Lipinski definition) is 6. The van der Waals surface area contributed by atoms with E-state index in [9.17, 15) is 18.5 Å². The van der Waals surface area contributed by atoms with Crippen LogP contribution >= 0.6 is 15.9 Å². The lowest BCUT2D eigenvalue weighted by Crippen LogP contribution is -2.48. The van der Waals surface area contributed by atoms with Crippen LogP contribution in [0.5, 0.6) is 0 Å². The van der Waals surface area contributed by atoms with E-state index in [-0.39, 0.29) is 18.0 Å². The van der Waals surface area contributed by atoms with Gasteiger partial charge in [-0.3, -0.25) is 15.0 Å². The zero-order chi connectivity index (χ0) is 20.6. The van der Waals surface area contributed by atoms with Crippen LogP contribution in [0.15, 0.2) is 58.2 Å². The van der Waals surface area contributed by atoms with Gasteiger partial charge in [-0.2, -0.15) is 4.31 Å². The number of nitro groups is 1. The fourth-order valence-electron chi connectivity index (χ4n) is 3.42. The molecule has 0 unspecified atom stereocenters. The van der Waals surface area contributed by atoms with Crippen LogP contribution in [0, 0.1) is 10.1 Å². The molecule has 11 heteroatoms. The average molecular weight is 480 g/mol. The molecular weight excluding hydrogens is 462 g/mol. The van der Waals surface area contributed by atoms with Crippen LogP contribution in [0.2, 0.25) is 0 Å². The Labute approximate surface area is 175 Å². The summed E-state index contributed by atoms with van der Waals surface area (Å²) in [6.45, 7) is 2.20. The first-order valence-corrected chi connectivity index (χ1v) is 11.2. The third-order valence-electron chi connectivity index (χ3n) is 4.86. The van der Waals surface area contributed by atoms with E-state index in [0.29, 0.717) is 19.6 Å². The highest BCUT2D eigenvalue weighted by atomic mass is 79.9. The Hall–Kier alpha value is -2.34. The summed E-state index contributed by atoms with van der Waals surface area (Å²) in [5.41, 5.74) is 1.35. The zero-order valence-electron chi connectivity index (χ0n) is 15.3. The van der Waals surface area contributed by atoms with E-state index in [1.807, 2.05) is 28.9 Å². The second kappa shape index (κ2) is 7.82. The fraction of sp³-hybridized carbons (Fsp3) is 0.278. The van der Waals surface area contributed by atoms with Gasteiger partial charge in [-0.15, -0.1) is 0 Å². The van der Waals surface area contributed by atoms with Gasteiger partial charge in [-0.25, -0.2) is 13.4 Å². The second-order valence-electron chi connectivity index (χ2n) is 6.75. The number of piperazine rings is 1. The van der Waals surface area contributed by atoms with Gasteiger partial charge in [0.15, 0.2) is 4.90 Å². The van der Waals surface area contributed by atoms with Crippen LogP contribution in [0.1, 0.15) is 5.69 Å². The number of nitrogens with zero attached hydrogens (tertiary/aromatic N) is 5. The molecule has 0 bridgehead atoms. The number of imidazole rings is 1. The van der Waals surface area contributed by atoms with Crippen molar-refractivity contribution in [3.8, 4) is 0 Å². The molecule has 0 atom stereocenters. The van der Waals surface area contributed by atoms with Crippen molar-refractivity contribution < 1.29 is 13.3 Å². The van der Waals surface area contributed by atoms with Crippen LogP contribution in [0.4, 0.5) is 5.69 Å². The van der Waals surface area contributed by atoms with Crippen LogP contribution in [-0.4, -0.2) is 58.1 Å². The number of para-hydroxylation sites is 1. The molecule has 1 aromatic carbocycles. The smallest absolute Gasteiger partial charge is 0.289 e. The highest BCUT2D eigenvalue weighted by molar-refractivity contribution is 9.10. The van der Waals surface area contributed by atoms with Gasteiger partial charge in [0.05, 0.1) is 10.6 Å². The summed E-state index contributed by atoms with van der Waals surface area (Å²) < 4.78 is 30.0. The predicted octanol–water partition coefficient (Wildman–Crippen LogP) is 2.51. The number of hydrogen-bond donors (Lipinski definition) is 0. The number of fused-ring (bicyclic) bond motifs is 1. The molecule has 0 saturated carbocycles. The molecule has 0 aliphatic carbocycles. The molecular formula is C18H18BrN5O4S. The Morgan fingerprint density at radius 3 is 2.52 bits per heavy atom. The molecule has 1 fully saturated rings. The predicted molar refractivity (Wildman–Crippen MR) is 110 cm³/mol. The van der Waals surface area contributed by atoms with E-state index in [1.165, 1.54) is 28.6 Å². The fourth-order valence-corrected chi connectivity index (χ4v) is 5.35. The molecule has 4 rings (SSSR count). The molecule has 0 spiro atoms. The monoisotopic (exact) mass is 479 g/mol. The number of pyridine rings is 1. The molecule has 0 N–H and O–H groups in total. The number of nitro benzene ring substituents is 1. The van der Waals surface area contributed by atoms with Gasteiger partial charge in [-0.1, -0.05) is 12.1 Å². The van der Waals surface area contributed by atoms with Crippen molar-refractivity contribution in [3.05, 3.63) is 69.1 Å². The number of sulfonamides is 1. The first kappa shape index (κ1) is 20.0. The Morgan fingerprint density at radius 1 is 1.07 bits per heavy atom. The maximum absolute atomic E-state index is 12.9. The van der Waals surface area contributed by atoms with Crippen molar-refractivity contribution in [1.82, 2.24) is 18.6 Å². The summed E-state index contributed by atoms with van der Waals surface area (Å²) in [6, 6.07) is 9.31. The lowest BCUT2D eigenvalue weighted by Gasteiger charge is -2.33. The minimum atomic E-state index is -3.92. The van der Waals surface area contributed by atoms with Gasteiger partial charge < -0.3 is 4.40 Å². The summed E-state index contributed by atoms with van der Waals surface area (Å²) in [5.74, 6) is 0. The van der Waals surface area contributed by atoms with Gasteiger partial charge >= 0.3 is 0 Å². The lowest BCUT2D eigenvalue weighted by molar-refractivity contribution is -0.387. The molecule has 3 aromatic rings. The van der Waals surface area contributed by atoms with Crippen molar-refractivity contribution in [2.75, 3.05) is 26.2 Å². The van der Waals surface area contributed by atoms with Gasteiger partial charge in [-0.05, 0) is 34.1 Å². The Bertz CT molecular complexity index is 1170. The van der Waals surface area contributed by atoms with Gasteiger partial charge in [0.25, 0.3) is 5.69 Å². The van der Waals surface area contributed by atoms with Crippen molar-refractivity contribution in [3.63, 3.8) is 0 Å². The molecule has 1 aliphatic heterocycles. The first-order chi connectivity index (χ1) is 13.8. The van der Waals surface area contributed by atoms with Crippen molar-refractivity contribution in [1.29, 1.82) is 0 Å². The SMILES string of the molecule is O=[N+]([O-])c1ccccc1S(=O)(=O)N1CCN(Cc2cn3cc(Br)ccc3n2)CC1. The second-order valence-corrected chi connectivity index (χ2v) is 9.57. The molecule has 1 aliphatic rings. The largest absolute Gasteiger partial charge is 0.306 e. The quantitative estimate of drug-likeness (QED) is 0.411. The molecule has 0 radical (unpaired) electrons. The first-order valence-electron chi connectivity index (χ1n) is 8.94. The van der Waals surface area contributed by atoms with E-state index in [1.54, 1.807) is 0 Å². The molecule has 1 saturated heterocycles. The molecule has 9 nitrogen and oxygen atoms in total. The summed E-state index contributed by atoms with van der Waals surface area (Å²) in [5, 5.41) is 11.2. The number of halogens is 1. The van der Waals surface area contributed by atoms with Gasteiger partial charge in [0.1, 0.15) is 5.65 Å². The Morgan fingerprint density at radius 2 is 1.79 bits per heavy atom. The van der Waals surface area contributed by atoms with Crippen molar-refractivity contribution >= 4 is 37.3 Å². The van der Waals surface area contributed by atoms with Crippen LogP contribution < -0.4 is 0 Å². The van der Waals surface area contributed by atoms with Crippen LogP contribution in [0.25, 0.3) is 5.65 Å². The van der Waals surface area contributed by atoms with E-state index in [0.717, 1.165) is 15.8 Å². The minimum Gasteiger partial charge on any atom is -0.306 e. The standard InChI is InChI=1S/C18H18BrN5O4S/c19-14-5-6-18-20-15(13-22(18)11-14)12-21-7-9-23(10-8-21)29(27,28)17-4-2-1-3-16(17)24(25)26/h1-6,11,13H,7-10,12H2. The van der Waals surface area contributed by atoms with E-state index >= 15 is 0 Å². The molecule has 152 valence electrons. The third kappa shape index (κ3) is 4.04. The number of aromatic nitrogens is 2. The normalized spacial score (nSPS) is 16.3. The number of benzene rings is 1.